The van der Waals surface area contributed by atoms with Crippen LogP contribution >= 0.6 is 0 Å². The van der Waals surface area contributed by atoms with Crippen molar-refractivity contribution in [3.8, 4) is 0 Å². The number of carbonyl (C=O) groups excluding carboxylic acids is 1. The van der Waals surface area contributed by atoms with Gasteiger partial charge in [-0.05, 0) is 43.5 Å². The number of halogens is 1. The van der Waals surface area contributed by atoms with Gasteiger partial charge >= 0.3 is 0 Å². The molecule has 1 aromatic rings. The molecule has 0 radical (unpaired) electrons. The third-order valence-electron chi connectivity index (χ3n) is 4.90. The monoisotopic (exact) mass is 370 g/mol. The minimum Gasteiger partial charge on any atom is -0.343 e. The Morgan fingerprint density at radius 3 is 2.32 bits per heavy atom. The molecule has 5 nitrogen and oxygen atoms in total. The van der Waals surface area contributed by atoms with E-state index in [2.05, 4.69) is 0 Å². The van der Waals surface area contributed by atoms with E-state index in [9.17, 15) is 17.6 Å². The Kier molecular flexibility index (Phi) is 6.95. The van der Waals surface area contributed by atoms with E-state index in [0.717, 1.165) is 25.0 Å². The third kappa shape index (κ3) is 5.25. The van der Waals surface area contributed by atoms with Crippen molar-refractivity contribution in [3.05, 3.63) is 30.1 Å². The van der Waals surface area contributed by atoms with Crippen molar-refractivity contribution in [1.82, 2.24) is 9.21 Å². The van der Waals surface area contributed by atoms with Gasteiger partial charge in [0.15, 0.2) is 0 Å². The molecule has 0 unspecified atom stereocenters. The van der Waals surface area contributed by atoms with E-state index in [0.29, 0.717) is 18.9 Å². The predicted molar refractivity (Wildman–Crippen MR) is 95.1 cm³/mol. The first-order valence-corrected chi connectivity index (χ1v) is 10.2. The van der Waals surface area contributed by atoms with Crippen LogP contribution in [0.15, 0.2) is 29.2 Å². The van der Waals surface area contributed by atoms with Crippen LogP contribution in [0.25, 0.3) is 0 Å². The van der Waals surface area contributed by atoms with Gasteiger partial charge in [0.2, 0.25) is 15.9 Å². The van der Waals surface area contributed by atoms with E-state index in [1.165, 1.54) is 42.7 Å². The van der Waals surface area contributed by atoms with Gasteiger partial charge in [-0.25, -0.2) is 17.1 Å². The first kappa shape index (κ1) is 19.8. The lowest BCUT2D eigenvalue weighted by Gasteiger charge is -2.31. The number of hydrogen-bond acceptors (Lipinski definition) is 3. The van der Waals surface area contributed by atoms with E-state index in [1.54, 1.807) is 0 Å². The molecular weight excluding hydrogens is 343 g/mol. The predicted octanol–water partition coefficient (Wildman–Crippen LogP) is 3.02. The van der Waals surface area contributed by atoms with Crippen molar-refractivity contribution < 1.29 is 17.6 Å². The summed E-state index contributed by atoms with van der Waals surface area (Å²) in [7, 11) is -0.328. The lowest BCUT2D eigenvalue weighted by atomic mass is 9.94. The highest BCUT2D eigenvalue weighted by atomic mass is 32.2. The molecule has 1 fully saturated rings. The number of nitrogens with zero attached hydrogens (tertiary/aromatic N) is 2. The molecule has 0 N–H and O–H groups in total. The Bertz CT molecular complexity index is 670. The van der Waals surface area contributed by atoms with E-state index in [-0.39, 0.29) is 17.3 Å². The quantitative estimate of drug-likeness (QED) is 0.741. The molecule has 0 atom stereocenters. The fourth-order valence-electron chi connectivity index (χ4n) is 3.21. The summed E-state index contributed by atoms with van der Waals surface area (Å²) in [5.74, 6) is -0.405. The molecule has 1 aliphatic rings. The summed E-state index contributed by atoms with van der Waals surface area (Å²) in [6, 6.07) is 5.08. The zero-order chi connectivity index (χ0) is 18.4. The highest BCUT2D eigenvalue weighted by Crippen LogP contribution is 2.22. The van der Waals surface area contributed by atoms with Crippen LogP contribution in [0.1, 0.15) is 44.9 Å². The zero-order valence-electron chi connectivity index (χ0n) is 14.9. The second-order valence-corrected chi connectivity index (χ2v) is 8.73. The van der Waals surface area contributed by atoms with Crippen LogP contribution in [0.3, 0.4) is 0 Å². The number of rotatable bonds is 7. The number of amides is 1. The maximum absolute atomic E-state index is 12.9. The molecule has 1 amide bonds. The molecule has 0 bridgehead atoms. The molecule has 1 saturated carbocycles. The van der Waals surface area contributed by atoms with Gasteiger partial charge in [0, 0.05) is 33.1 Å². The minimum atomic E-state index is -3.65. The topological polar surface area (TPSA) is 57.7 Å². The van der Waals surface area contributed by atoms with Crippen molar-refractivity contribution in [3.63, 3.8) is 0 Å². The zero-order valence-corrected chi connectivity index (χ0v) is 15.8. The van der Waals surface area contributed by atoms with Crippen molar-refractivity contribution in [2.75, 3.05) is 20.6 Å². The second kappa shape index (κ2) is 8.76. The Morgan fingerprint density at radius 1 is 1.12 bits per heavy atom. The average molecular weight is 370 g/mol. The summed E-state index contributed by atoms with van der Waals surface area (Å²) >= 11 is 0. The van der Waals surface area contributed by atoms with Gasteiger partial charge in [0.25, 0.3) is 0 Å². The second-order valence-electron chi connectivity index (χ2n) is 6.68. The third-order valence-corrected chi connectivity index (χ3v) is 6.77. The van der Waals surface area contributed by atoms with E-state index in [4.69, 9.17) is 0 Å². The molecule has 25 heavy (non-hydrogen) atoms. The van der Waals surface area contributed by atoms with Crippen LogP contribution in [0.5, 0.6) is 0 Å². The van der Waals surface area contributed by atoms with Gasteiger partial charge in [0.1, 0.15) is 5.82 Å². The molecule has 1 aliphatic carbocycles. The first-order valence-electron chi connectivity index (χ1n) is 8.80. The Hall–Kier alpha value is -1.47. The summed E-state index contributed by atoms with van der Waals surface area (Å²) in [6.07, 6.45) is 6.48. The van der Waals surface area contributed by atoms with Gasteiger partial charge in [0.05, 0.1) is 4.90 Å². The fourth-order valence-corrected chi connectivity index (χ4v) is 4.42. The van der Waals surface area contributed by atoms with Crippen LogP contribution in [-0.4, -0.2) is 50.2 Å². The van der Waals surface area contributed by atoms with Crippen molar-refractivity contribution in [1.29, 1.82) is 0 Å². The van der Waals surface area contributed by atoms with E-state index in [1.807, 2.05) is 11.9 Å². The van der Waals surface area contributed by atoms with Crippen LogP contribution in [0.4, 0.5) is 4.39 Å². The molecule has 2 rings (SSSR count). The molecule has 0 saturated heterocycles. The van der Waals surface area contributed by atoms with E-state index >= 15 is 0 Å². The molecule has 7 heteroatoms. The van der Waals surface area contributed by atoms with Gasteiger partial charge < -0.3 is 4.90 Å². The van der Waals surface area contributed by atoms with Gasteiger partial charge in [-0.2, -0.15) is 0 Å². The number of carbonyl (C=O) groups is 1. The molecule has 0 spiro atoms. The van der Waals surface area contributed by atoms with Crippen LogP contribution in [0.2, 0.25) is 0 Å². The molecule has 1 aromatic carbocycles. The van der Waals surface area contributed by atoms with Crippen LogP contribution < -0.4 is 0 Å². The van der Waals surface area contributed by atoms with Gasteiger partial charge in [-0.1, -0.05) is 19.3 Å². The largest absolute Gasteiger partial charge is 0.343 e. The Balaban J connectivity index is 1.83. The summed E-state index contributed by atoms with van der Waals surface area (Å²) in [5.41, 5.74) is 0. The summed E-state index contributed by atoms with van der Waals surface area (Å²) < 4.78 is 39.0. The highest BCUT2D eigenvalue weighted by Gasteiger charge is 2.23. The normalized spacial score (nSPS) is 16.2. The molecule has 0 aromatic heterocycles. The first-order chi connectivity index (χ1) is 11.8. The fraction of sp³-hybridized carbons (Fsp3) is 0.611. The van der Waals surface area contributed by atoms with Crippen LogP contribution in [-0.2, 0) is 14.8 Å². The van der Waals surface area contributed by atoms with Crippen LogP contribution in [0, 0.1) is 5.82 Å². The summed E-state index contributed by atoms with van der Waals surface area (Å²) in [5, 5.41) is 0. The maximum atomic E-state index is 12.9. The molecular formula is C18H27FN2O3S. The minimum absolute atomic E-state index is 0.0575. The number of hydrogen-bond donors (Lipinski definition) is 0. The number of sulfonamides is 1. The Labute approximate surface area is 149 Å². The highest BCUT2D eigenvalue weighted by molar-refractivity contribution is 7.89. The maximum Gasteiger partial charge on any atom is 0.242 e. The lowest BCUT2D eigenvalue weighted by Crippen LogP contribution is -2.38. The van der Waals surface area contributed by atoms with Crippen molar-refractivity contribution in [2.24, 2.45) is 0 Å². The van der Waals surface area contributed by atoms with E-state index < -0.39 is 15.8 Å². The van der Waals surface area contributed by atoms with Crippen molar-refractivity contribution in [2.45, 2.75) is 55.9 Å². The van der Waals surface area contributed by atoms with Crippen molar-refractivity contribution >= 4 is 15.9 Å². The average Bonchev–Trinajstić information content (AvgIpc) is 2.62. The smallest absolute Gasteiger partial charge is 0.242 e. The number of benzene rings is 1. The van der Waals surface area contributed by atoms with Gasteiger partial charge in [-0.15, -0.1) is 0 Å². The Morgan fingerprint density at radius 2 is 1.72 bits per heavy atom. The molecule has 0 heterocycles. The standard InChI is InChI=1S/C18H27FN2O3S/c1-20(25(23,24)17-12-10-15(19)11-13-17)14-6-9-18(22)21(2)16-7-4-3-5-8-16/h10-13,16H,3-9,14H2,1-2H3. The molecule has 140 valence electrons. The lowest BCUT2D eigenvalue weighted by molar-refractivity contribution is -0.132. The van der Waals surface area contributed by atoms with Gasteiger partial charge in [-0.3, -0.25) is 4.79 Å². The summed E-state index contributed by atoms with van der Waals surface area (Å²) in [4.78, 5) is 14.2. The SMILES string of the molecule is CN(C(=O)CCCN(C)S(=O)(=O)c1ccc(F)cc1)C1CCCCC1. The molecule has 0 aliphatic heterocycles. The summed E-state index contributed by atoms with van der Waals surface area (Å²) in [6.45, 7) is 0.254.